The van der Waals surface area contributed by atoms with Gasteiger partial charge >= 0.3 is 0 Å². The minimum atomic E-state index is -0.464. The van der Waals surface area contributed by atoms with Crippen LogP contribution in [0.3, 0.4) is 0 Å². The van der Waals surface area contributed by atoms with E-state index in [4.69, 9.17) is 10.5 Å². The summed E-state index contributed by atoms with van der Waals surface area (Å²) in [5.74, 6) is -0.570. The molecule has 0 spiro atoms. The summed E-state index contributed by atoms with van der Waals surface area (Å²) in [7, 11) is 1.65. The number of aromatic nitrogens is 1. The number of methoxy groups -OCH3 is 1. The third-order valence-electron chi connectivity index (χ3n) is 5.05. The van der Waals surface area contributed by atoms with Crippen molar-refractivity contribution in [3.8, 4) is 0 Å². The smallest absolute Gasteiger partial charge is 0.249 e. The highest BCUT2D eigenvalue weighted by Gasteiger charge is 2.17. The van der Waals surface area contributed by atoms with Crippen molar-refractivity contribution in [2.75, 3.05) is 12.4 Å². The average Bonchev–Trinajstić information content (AvgIpc) is 3.02. The van der Waals surface area contributed by atoms with E-state index >= 15 is 0 Å². The number of fused-ring (bicyclic) bond motifs is 3. The fraction of sp³-hybridized carbons (Fsp3) is 0.167. The van der Waals surface area contributed by atoms with E-state index in [1.54, 1.807) is 13.2 Å². The van der Waals surface area contributed by atoms with Crippen LogP contribution in [0.15, 0.2) is 54.6 Å². The number of anilines is 1. The van der Waals surface area contributed by atoms with Crippen LogP contribution in [0, 0.1) is 6.07 Å². The SMILES string of the molecule is COCc1c[c]c2c3c(C(N)=O)cccc3n(Cc3ccc(NC(C)=O)cc3)c2c1. The van der Waals surface area contributed by atoms with Gasteiger partial charge in [0, 0.05) is 42.6 Å². The van der Waals surface area contributed by atoms with E-state index in [0.717, 1.165) is 38.6 Å². The molecule has 0 aliphatic carbocycles. The minimum absolute atomic E-state index is 0.106. The lowest BCUT2D eigenvalue weighted by Gasteiger charge is -2.10. The van der Waals surface area contributed by atoms with Crippen LogP contribution >= 0.6 is 0 Å². The van der Waals surface area contributed by atoms with E-state index in [1.807, 2.05) is 42.5 Å². The zero-order valence-corrected chi connectivity index (χ0v) is 16.9. The van der Waals surface area contributed by atoms with Gasteiger partial charge in [0.15, 0.2) is 0 Å². The first-order chi connectivity index (χ1) is 14.5. The molecule has 3 aromatic carbocycles. The van der Waals surface area contributed by atoms with Crippen LogP contribution in [0.25, 0.3) is 21.8 Å². The number of rotatable bonds is 6. The number of hydrogen-bond acceptors (Lipinski definition) is 3. The molecule has 0 unspecified atom stereocenters. The van der Waals surface area contributed by atoms with Gasteiger partial charge in [-0.2, -0.15) is 0 Å². The van der Waals surface area contributed by atoms with Crippen molar-refractivity contribution in [2.45, 2.75) is 20.1 Å². The zero-order valence-electron chi connectivity index (χ0n) is 16.9. The van der Waals surface area contributed by atoms with Gasteiger partial charge in [-0.05, 0) is 53.6 Å². The quantitative estimate of drug-likeness (QED) is 0.515. The van der Waals surface area contributed by atoms with Crippen LogP contribution in [0.4, 0.5) is 5.69 Å². The molecule has 1 radical (unpaired) electrons. The standard InChI is InChI=1S/C24H22N3O3/c1-15(28)26-18-9-6-16(7-10-18)13-27-21-5-3-4-20(24(25)29)23(21)19-11-8-17(14-30-2)12-22(19)27/h3-10,12H,13-14H2,1-2H3,(H2,25,29)(H,26,28). The Morgan fingerprint density at radius 1 is 1.10 bits per heavy atom. The third kappa shape index (κ3) is 3.65. The molecule has 1 heterocycles. The van der Waals surface area contributed by atoms with Gasteiger partial charge in [-0.1, -0.05) is 18.2 Å². The molecule has 0 saturated carbocycles. The fourth-order valence-electron chi connectivity index (χ4n) is 3.80. The minimum Gasteiger partial charge on any atom is -0.380 e. The molecule has 30 heavy (non-hydrogen) atoms. The molecular formula is C24H22N3O3. The van der Waals surface area contributed by atoms with E-state index in [-0.39, 0.29) is 5.91 Å². The summed E-state index contributed by atoms with van der Waals surface area (Å²) >= 11 is 0. The highest BCUT2D eigenvalue weighted by Crippen LogP contribution is 2.33. The summed E-state index contributed by atoms with van der Waals surface area (Å²) in [6.45, 7) is 2.55. The van der Waals surface area contributed by atoms with Crippen LogP contribution < -0.4 is 11.1 Å². The van der Waals surface area contributed by atoms with Gasteiger partial charge in [0.1, 0.15) is 0 Å². The first-order valence-corrected chi connectivity index (χ1v) is 9.58. The molecule has 0 aliphatic heterocycles. The Balaban J connectivity index is 1.88. The molecule has 151 valence electrons. The maximum Gasteiger partial charge on any atom is 0.249 e. The van der Waals surface area contributed by atoms with Gasteiger partial charge in [0.05, 0.1) is 17.6 Å². The second-order valence-electron chi connectivity index (χ2n) is 7.23. The highest BCUT2D eigenvalue weighted by molar-refractivity contribution is 6.17. The first kappa shape index (κ1) is 19.7. The highest BCUT2D eigenvalue weighted by atomic mass is 16.5. The summed E-state index contributed by atoms with van der Waals surface area (Å²) in [6, 6.07) is 20.5. The van der Waals surface area contributed by atoms with Crippen molar-refractivity contribution in [1.82, 2.24) is 4.57 Å². The number of amides is 2. The molecule has 4 aromatic rings. The molecule has 0 saturated heterocycles. The summed E-state index contributed by atoms with van der Waals surface area (Å²) in [5, 5.41) is 4.44. The van der Waals surface area contributed by atoms with Crippen molar-refractivity contribution in [3.63, 3.8) is 0 Å². The maximum absolute atomic E-state index is 12.1. The van der Waals surface area contributed by atoms with Gasteiger partial charge in [0.25, 0.3) is 0 Å². The second kappa shape index (κ2) is 8.00. The van der Waals surface area contributed by atoms with Gasteiger partial charge in [-0.25, -0.2) is 0 Å². The molecule has 1 aromatic heterocycles. The van der Waals surface area contributed by atoms with Crippen LogP contribution in [0.5, 0.6) is 0 Å². The van der Waals surface area contributed by atoms with E-state index in [9.17, 15) is 9.59 Å². The summed E-state index contributed by atoms with van der Waals surface area (Å²) in [4.78, 5) is 23.3. The van der Waals surface area contributed by atoms with Crippen molar-refractivity contribution < 1.29 is 14.3 Å². The van der Waals surface area contributed by atoms with Gasteiger partial charge < -0.3 is 20.4 Å². The number of benzene rings is 3. The number of hydrogen-bond donors (Lipinski definition) is 2. The first-order valence-electron chi connectivity index (χ1n) is 9.58. The van der Waals surface area contributed by atoms with E-state index in [2.05, 4.69) is 22.0 Å². The molecule has 6 heteroatoms. The number of carbonyl (C=O) groups excluding carboxylic acids is 2. The summed E-state index contributed by atoms with van der Waals surface area (Å²) < 4.78 is 7.43. The Labute approximate surface area is 174 Å². The number of carbonyl (C=O) groups is 2. The number of nitrogens with two attached hydrogens (primary N) is 1. The normalized spacial score (nSPS) is 11.1. The summed E-state index contributed by atoms with van der Waals surface area (Å²) in [5.41, 5.74) is 10.8. The number of nitrogens with zero attached hydrogens (tertiary/aromatic N) is 1. The van der Waals surface area contributed by atoms with Gasteiger partial charge in [-0.3, -0.25) is 9.59 Å². The van der Waals surface area contributed by atoms with Crippen molar-refractivity contribution in [3.05, 3.63) is 77.4 Å². The van der Waals surface area contributed by atoms with E-state index < -0.39 is 5.91 Å². The number of ether oxygens (including phenoxy) is 1. The Morgan fingerprint density at radius 2 is 1.87 bits per heavy atom. The largest absolute Gasteiger partial charge is 0.380 e. The second-order valence-corrected chi connectivity index (χ2v) is 7.23. The van der Waals surface area contributed by atoms with Crippen molar-refractivity contribution in [2.24, 2.45) is 5.73 Å². The molecule has 0 atom stereocenters. The van der Waals surface area contributed by atoms with Crippen molar-refractivity contribution >= 4 is 39.3 Å². The molecule has 6 nitrogen and oxygen atoms in total. The van der Waals surface area contributed by atoms with Gasteiger partial charge in [0.2, 0.25) is 11.8 Å². The molecule has 0 aliphatic rings. The average molecular weight is 400 g/mol. The molecule has 4 rings (SSSR count). The van der Waals surface area contributed by atoms with E-state index in [0.29, 0.717) is 18.7 Å². The lowest BCUT2D eigenvalue weighted by molar-refractivity contribution is -0.114. The Kier molecular flexibility index (Phi) is 5.25. The molecule has 3 N–H and O–H groups in total. The fourth-order valence-corrected chi connectivity index (χ4v) is 3.80. The van der Waals surface area contributed by atoms with Crippen LogP contribution in [0.2, 0.25) is 0 Å². The third-order valence-corrected chi connectivity index (χ3v) is 5.05. The molecule has 0 bridgehead atoms. The Bertz CT molecular complexity index is 1260. The molecule has 0 fully saturated rings. The van der Waals surface area contributed by atoms with Crippen LogP contribution in [-0.4, -0.2) is 23.5 Å². The van der Waals surface area contributed by atoms with Crippen molar-refractivity contribution in [1.29, 1.82) is 0 Å². The molecule has 2 amide bonds. The zero-order chi connectivity index (χ0) is 21.3. The Hall–Kier alpha value is -3.64. The van der Waals surface area contributed by atoms with Crippen LogP contribution in [-0.2, 0) is 22.7 Å². The lowest BCUT2D eigenvalue weighted by Crippen LogP contribution is -2.11. The lowest BCUT2D eigenvalue weighted by atomic mass is 10.0. The number of nitrogens with one attached hydrogen (secondary N) is 1. The summed E-state index contributed by atoms with van der Waals surface area (Å²) in [6.07, 6.45) is 0. The monoisotopic (exact) mass is 400 g/mol. The van der Waals surface area contributed by atoms with E-state index in [1.165, 1.54) is 6.92 Å². The number of primary amides is 1. The van der Waals surface area contributed by atoms with Crippen LogP contribution in [0.1, 0.15) is 28.4 Å². The predicted octanol–water partition coefficient (Wildman–Crippen LogP) is 3.85. The molecular weight excluding hydrogens is 378 g/mol. The predicted molar refractivity (Wildman–Crippen MR) is 117 cm³/mol. The topological polar surface area (TPSA) is 86.3 Å². The Morgan fingerprint density at radius 3 is 2.53 bits per heavy atom. The maximum atomic E-state index is 12.1. The van der Waals surface area contributed by atoms with Gasteiger partial charge in [-0.15, -0.1) is 0 Å².